The molecule has 1 N–H and O–H groups in total. The van der Waals surface area contributed by atoms with E-state index in [1.807, 2.05) is 0 Å². The highest BCUT2D eigenvalue weighted by molar-refractivity contribution is 5.78. The third-order valence-electron chi connectivity index (χ3n) is 2.53. The summed E-state index contributed by atoms with van der Waals surface area (Å²) in [6.45, 7) is 1.17. The molecule has 88 valence electrons. The van der Waals surface area contributed by atoms with Gasteiger partial charge in [-0.25, -0.2) is 8.78 Å². The molecule has 0 aromatic carbocycles. The Bertz CT molecular complexity index is 192. The lowest BCUT2D eigenvalue weighted by atomic mass is 10.2. The van der Waals surface area contributed by atoms with Gasteiger partial charge in [-0.15, -0.1) is 0 Å². The average molecular weight is 220 g/mol. The highest BCUT2D eigenvalue weighted by Gasteiger charge is 2.15. The van der Waals surface area contributed by atoms with Crippen molar-refractivity contribution in [1.29, 1.82) is 0 Å². The summed E-state index contributed by atoms with van der Waals surface area (Å²) in [4.78, 5) is 13.3. The topological polar surface area (TPSA) is 32.3 Å². The van der Waals surface area contributed by atoms with E-state index in [0.29, 0.717) is 0 Å². The Morgan fingerprint density at radius 3 is 2.33 bits per heavy atom. The van der Waals surface area contributed by atoms with Crippen LogP contribution >= 0.6 is 0 Å². The zero-order chi connectivity index (χ0) is 11.1. The summed E-state index contributed by atoms with van der Waals surface area (Å²) in [5, 5.41) is 2.46. The number of amides is 1. The van der Waals surface area contributed by atoms with E-state index in [4.69, 9.17) is 0 Å². The molecule has 3 nitrogen and oxygen atoms in total. The number of carbonyl (C=O) groups excluding carboxylic acids is 1. The van der Waals surface area contributed by atoms with Crippen LogP contribution in [-0.2, 0) is 4.79 Å². The number of likely N-dealkylation sites (tertiary alicyclic amines) is 1. The van der Waals surface area contributed by atoms with E-state index in [-0.39, 0.29) is 12.5 Å². The number of hydrogen-bond donors (Lipinski definition) is 1. The zero-order valence-corrected chi connectivity index (χ0v) is 8.85. The van der Waals surface area contributed by atoms with Gasteiger partial charge in [0.05, 0.1) is 13.1 Å². The summed E-state index contributed by atoms with van der Waals surface area (Å²) in [6, 6.07) is 0. The molecule has 1 amide bonds. The van der Waals surface area contributed by atoms with Crippen molar-refractivity contribution in [2.24, 2.45) is 0 Å². The second kappa shape index (κ2) is 6.71. The number of rotatable bonds is 4. The Morgan fingerprint density at radius 2 is 1.80 bits per heavy atom. The lowest BCUT2D eigenvalue weighted by Gasteiger charge is -2.20. The molecule has 0 aromatic heterocycles. The lowest BCUT2D eigenvalue weighted by Crippen LogP contribution is -2.39. The molecule has 1 aliphatic rings. The van der Waals surface area contributed by atoms with Gasteiger partial charge in [0.1, 0.15) is 0 Å². The molecule has 0 unspecified atom stereocenters. The standard InChI is InChI=1S/C10H18F2N2O/c11-9(12)7-13-8-10(15)14-5-3-1-2-4-6-14/h9,13H,1-8H2. The maximum absolute atomic E-state index is 11.8. The summed E-state index contributed by atoms with van der Waals surface area (Å²) in [5.74, 6) is -0.0578. The molecule has 1 heterocycles. The van der Waals surface area contributed by atoms with Crippen LogP contribution < -0.4 is 5.32 Å². The summed E-state index contributed by atoms with van der Waals surface area (Å²) < 4.78 is 23.6. The second-order valence-corrected chi connectivity index (χ2v) is 3.82. The molecule has 0 aromatic rings. The first kappa shape index (κ1) is 12.4. The van der Waals surface area contributed by atoms with E-state index < -0.39 is 13.0 Å². The fraction of sp³-hybridized carbons (Fsp3) is 0.900. The van der Waals surface area contributed by atoms with E-state index in [9.17, 15) is 13.6 Å². The Labute approximate surface area is 88.8 Å². The predicted molar refractivity (Wildman–Crippen MR) is 53.9 cm³/mol. The van der Waals surface area contributed by atoms with Gasteiger partial charge in [0.25, 0.3) is 6.43 Å². The monoisotopic (exact) mass is 220 g/mol. The first-order chi connectivity index (χ1) is 7.20. The SMILES string of the molecule is O=C(CNCC(F)F)N1CCCCCC1. The van der Waals surface area contributed by atoms with Gasteiger partial charge >= 0.3 is 0 Å². The van der Waals surface area contributed by atoms with Crippen LogP contribution in [0.15, 0.2) is 0 Å². The molecule has 0 bridgehead atoms. The molecule has 0 spiro atoms. The summed E-state index contributed by atoms with van der Waals surface area (Å²) >= 11 is 0. The van der Waals surface area contributed by atoms with Crippen molar-refractivity contribution >= 4 is 5.91 Å². The predicted octanol–water partition coefficient (Wildman–Crippen LogP) is 1.24. The van der Waals surface area contributed by atoms with Gasteiger partial charge in [-0.2, -0.15) is 0 Å². The van der Waals surface area contributed by atoms with E-state index >= 15 is 0 Å². The van der Waals surface area contributed by atoms with Gasteiger partial charge in [0, 0.05) is 13.1 Å². The first-order valence-electron chi connectivity index (χ1n) is 5.47. The molecule has 1 aliphatic heterocycles. The number of alkyl halides is 2. The third kappa shape index (κ3) is 5.06. The minimum atomic E-state index is -2.39. The molecule has 0 saturated carbocycles. The van der Waals surface area contributed by atoms with Crippen LogP contribution in [-0.4, -0.2) is 43.4 Å². The molecule has 1 fully saturated rings. The van der Waals surface area contributed by atoms with Gasteiger partial charge in [-0.3, -0.25) is 4.79 Å². The highest BCUT2D eigenvalue weighted by Crippen LogP contribution is 2.09. The number of carbonyl (C=O) groups is 1. The molecular weight excluding hydrogens is 202 g/mol. The molecule has 15 heavy (non-hydrogen) atoms. The van der Waals surface area contributed by atoms with Gasteiger partial charge in [-0.05, 0) is 12.8 Å². The summed E-state index contributed by atoms with van der Waals surface area (Å²) in [5.41, 5.74) is 0. The largest absolute Gasteiger partial charge is 0.342 e. The Morgan fingerprint density at radius 1 is 1.20 bits per heavy atom. The van der Waals surface area contributed by atoms with Crippen LogP contribution in [0, 0.1) is 0 Å². The number of nitrogens with zero attached hydrogens (tertiary/aromatic N) is 1. The van der Waals surface area contributed by atoms with Crippen molar-refractivity contribution in [3.8, 4) is 0 Å². The van der Waals surface area contributed by atoms with Crippen molar-refractivity contribution < 1.29 is 13.6 Å². The number of halogens is 2. The Balaban J connectivity index is 2.19. The van der Waals surface area contributed by atoms with Gasteiger partial charge < -0.3 is 10.2 Å². The van der Waals surface area contributed by atoms with Gasteiger partial charge in [0.2, 0.25) is 5.91 Å². The quantitative estimate of drug-likeness (QED) is 0.773. The van der Waals surface area contributed by atoms with Crippen molar-refractivity contribution in [1.82, 2.24) is 10.2 Å². The molecule has 0 aliphatic carbocycles. The van der Waals surface area contributed by atoms with E-state index in [1.54, 1.807) is 4.90 Å². The Hall–Kier alpha value is -0.710. The van der Waals surface area contributed by atoms with Gasteiger partial charge in [0.15, 0.2) is 0 Å². The molecule has 0 atom stereocenters. The third-order valence-corrected chi connectivity index (χ3v) is 2.53. The maximum Gasteiger partial charge on any atom is 0.250 e. The van der Waals surface area contributed by atoms with Crippen LogP contribution in [0.2, 0.25) is 0 Å². The van der Waals surface area contributed by atoms with Crippen molar-refractivity contribution in [2.75, 3.05) is 26.2 Å². The van der Waals surface area contributed by atoms with Crippen molar-refractivity contribution in [3.05, 3.63) is 0 Å². The van der Waals surface area contributed by atoms with Gasteiger partial charge in [-0.1, -0.05) is 12.8 Å². The smallest absolute Gasteiger partial charge is 0.250 e. The fourth-order valence-corrected chi connectivity index (χ4v) is 1.72. The van der Waals surface area contributed by atoms with Crippen LogP contribution in [0.3, 0.4) is 0 Å². The molecule has 1 rings (SSSR count). The lowest BCUT2D eigenvalue weighted by molar-refractivity contribution is -0.130. The van der Waals surface area contributed by atoms with E-state index in [0.717, 1.165) is 38.8 Å². The molecule has 1 saturated heterocycles. The average Bonchev–Trinajstić information content (AvgIpc) is 2.44. The van der Waals surface area contributed by atoms with Crippen LogP contribution in [0.25, 0.3) is 0 Å². The van der Waals surface area contributed by atoms with Crippen molar-refractivity contribution in [2.45, 2.75) is 32.1 Å². The Kier molecular flexibility index (Phi) is 5.53. The summed E-state index contributed by atoms with van der Waals surface area (Å²) in [6.07, 6.45) is 1.99. The van der Waals surface area contributed by atoms with Crippen LogP contribution in [0.4, 0.5) is 8.78 Å². The molecule has 0 radical (unpaired) electrons. The van der Waals surface area contributed by atoms with E-state index in [1.165, 1.54) is 0 Å². The van der Waals surface area contributed by atoms with E-state index in [2.05, 4.69) is 5.32 Å². The van der Waals surface area contributed by atoms with Crippen LogP contribution in [0.1, 0.15) is 25.7 Å². The maximum atomic E-state index is 11.8. The van der Waals surface area contributed by atoms with Crippen LogP contribution in [0.5, 0.6) is 0 Å². The minimum Gasteiger partial charge on any atom is -0.342 e. The zero-order valence-electron chi connectivity index (χ0n) is 8.85. The highest BCUT2D eigenvalue weighted by atomic mass is 19.3. The first-order valence-corrected chi connectivity index (χ1v) is 5.47. The molecular formula is C10H18F2N2O. The fourth-order valence-electron chi connectivity index (χ4n) is 1.72. The summed E-state index contributed by atoms with van der Waals surface area (Å²) in [7, 11) is 0. The number of nitrogens with one attached hydrogen (secondary N) is 1. The second-order valence-electron chi connectivity index (χ2n) is 3.82. The van der Waals surface area contributed by atoms with Crippen molar-refractivity contribution in [3.63, 3.8) is 0 Å². The molecule has 5 heteroatoms. The number of hydrogen-bond acceptors (Lipinski definition) is 2. The normalized spacial score (nSPS) is 17.9. The minimum absolute atomic E-state index is 0.0321.